The fraction of sp³-hybridized carbons (Fsp3) is 0.500. The Balaban J connectivity index is 1.62. The van der Waals surface area contributed by atoms with Gasteiger partial charge in [-0.1, -0.05) is 36.4 Å². The quantitative estimate of drug-likeness (QED) is 0.582. The van der Waals surface area contributed by atoms with E-state index in [1.54, 1.807) is 0 Å². The first kappa shape index (κ1) is 13.3. The monoisotopic (exact) mass is 245 g/mol. The van der Waals surface area contributed by atoms with Crippen LogP contribution in [0.5, 0.6) is 0 Å². The molecule has 1 aliphatic carbocycles. The minimum atomic E-state index is 0.531. The van der Waals surface area contributed by atoms with Crippen molar-refractivity contribution in [3.8, 4) is 0 Å². The molecule has 0 bridgehead atoms. The molecular formula is C16H23NO. The Hall–Kier alpha value is -1.12. The van der Waals surface area contributed by atoms with Gasteiger partial charge >= 0.3 is 0 Å². The van der Waals surface area contributed by atoms with Gasteiger partial charge in [0.2, 0.25) is 0 Å². The van der Waals surface area contributed by atoms with E-state index in [0.717, 1.165) is 12.3 Å². The Labute approximate surface area is 110 Å². The zero-order chi connectivity index (χ0) is 12.6. The van der Waals surface area contributed by atoms with Gasteiger partial charge in [-0.05, 0) is 43.6 Å². The van der Waals surface area contributed by atoms with E-state index in [1.165, 1.54) is 31.2 Å². The van der Waals surface area contributed by atoms with Crippen molar-refractivity contribution < 1.29 is 4.84 Å². The summed E-state index contributed by atoms with van der Waals surface area (Å²) in [6.07, 6.45) is 8.23. The Kier molecular flexibility index (Phi) is 5.43. The van der Waals surface area contributed by atoms with Gasteiger partial charge in [-0.3, -0.25) is 4.84 Å². The van der Waals surface area contributed by atoms with Crippen molar-refractivity contribution in [1.82, 2.24) is 5.48 Å². The fourth-order valence-electron chi connectivity index (χ4n) is 2.61. The summed E-state index contributed by atoms with van der Waals surface area (Å²) in [5, 5.41) is 0. The molecular weight excluding hydrogens is 222 g/mol. The van der Waals surface area contributed by atoms with Crippen molar-refractivity contribution in [2.75, 3.05) is 0 Å². The van der Waals surface area contributed by atoms with E-state index in [9.17, 15) is 0 Å². The van der Waals surface area contributed by atoms with Gasteiger partial charge in [0.15, 0.2) is 0 Å². The summed E-state index contributed by atoms with van der Waals surface area (Å²) >= 11 is 0. The number of rotatable bonds is 7. The first-order valence-electron chi connectivity index (χ1n) is 6.90. The maximum Gasteiger partial charge on any atom is 0.0933 e. The van der Waals surface area contributed by atoms with Gasteiger partial charge in [0, 0.05) is 6.04 Å². The molecule has 1 fully saturated rings. The van der Waals surface area contributed by atoms with E-state index in [4.69, 9.17) is 4.84 Å². The molecule has 2 rings (SSSR count). The van der Waals surface area contributed by atoms with Gasteiger partial charge in [0.1, 0.15) is 0 Å². The van der Waals surface area contributed by atoms with Crippen molar-refractivity contribution in [3.63, 3.8) is 0 Å². The fourth-order valence-corrected chi connectivity index (χ4v) is 2.61. The van der Waals surface area contributed by atoms with Crippen LogP contribution in [0, 0.1) is 5.92 Å². The van der Waals surface area contributed by atoms with Gasteiger partial charge < -0.3 is 0 Å². The van der Waals surface area contributed by atoms with Crippen molar-refractivity contribution >= 4 is 0 Å². The summed E-state index contributed by atoms with van der Waals surface area (Å²) < 4.78 is 0. The molecule has 0 amide bonds. The van der Waals surface area contributed by atoms with Crippen molar-refractivity contribution in [3.05, 3.63) is 48.6 Å². The molecule has 2 heteroatoms. The van der Waals surface area contributed by atoms with E-state index in [-0.39, 0.29) is 0 Å². The minimum Gasteiger partial charge on any atom is -0.297 e. The van der Waals surface area contributed by atoms with Crippen LogP contribution in [-0.4, -0.2) is 6.04 Å². The second-order valence-electron chi connectivity index (χ2n) is 5.13. The summed E-state index contributed by atoms with van der Waals surface area (Å²) in [6.45, 7) is 4.43. The molecule has 18 heavy (non-hydrogen) atoms. The lowest BCUT2D eigenvalue weighted by molar-refractivity contribution is 0.00419. The van der Waals surface area contributed by atoms with E-state index < -0.39 is 0 Å². The summed E-state index contributed by atoms with van der Waals surface area (Å²) in [5.41, 5.74) is 4.42. The number of nitrogens with one attached hydrogen (secondary N) is 1. The molecule has 2 nitrogen and oxygen atoms in total. The molecule has 0 spiro atoms. The van der Waals surface area contributed by atoms with Crippen LogP contribution in [0.2, 0.25) is 0 Å². The predicted molar refractivity (Wildman–Crippen MR) is 74.9 cm³/mol. The molecule has 2 unspecified atom stereocenters. The topological polar surface area (TPSA) is 21.3 Å². The average molecular weight is 245 g/mol. The number of allylic oxidation sites excluding steroid dienone is 1. The van der Waals surface area contributed by atoms with Gasteiger partial charge in [-0.15, -0.1) is 6.58 Å². The number of hydrogen-bond donors (Lipinski definition) is 1. The molecule has 0 radical (unpaired) electrons. The van der Waals surface area contributed by atoms with Crippen LogP contribution in [0.25, 0.3) is 0 Å². The van der Waals surface area contributed by atoms with E-state index in [2.05, 4.69) is 24.2 Å². The molecule has 0 aliphatic heterocycles. The summed E-state index contributed by atoms with van der Waals surface area (Å²) in [4.78, 5) is 5.59. The maximum absolute atomic E-state index is 5.59. The summed E-state index contributed by atoms with van der Waals surface area (Å²) in [5.74, 6) is 0.848. The average Bonchev–Trinajstić information content (AvgIpc) is 2.85. The van der Waals surface area contributed by atoms with Crippen LogP contribution < -0.4 is 5.48 Å². The molecule has 1 aromatic carbocycles. The SMILES string of the molecule is C=CCCC1CCC(NOCc2ccccc2)C1. The molecule has 1 aromatic rings. The highest BCUT2D eigenvalue weighted by Crippen LogP contribution is 2.29. The zero-order valence-corrected chi connectivity index (χ0v) is 11.0. The molecule has 1 aliphatic rings. The van der Waals surface area contributed by atoms with Crippen molar-refractivity contribution in [2.24, 2.45) is 5.92 Å². The third-order valence-corrected chi connectivity index (χ3v) is 3.65. The van der Waals surface area contributed by atoms with Crippen LogP contribution in [0.4, 0.5) is 0 Å². The van der Waals surface area contributed by atoms with Crippen LogP contribution in [-0.2, 0) is 11.4 Å². The molecule has 98 valence electrons. The summed E-state index contributed by atoms with van der Waals surface area (Å²) in [6, 6.07) is 10.8. The van der Waals surface area contributed by atoms with Crippen molar-refractivity contribution in [1.29, 1.82) is 0 Å². The van der Waals surface area contributed by atoms with Crippen molar-refractivity contribution in [2.45, 2.75) is 44.8 Å². The molecule has 2 atom stereocenters. The molecule has 1 saturated carbocycles. The van der Waals surface area contributed by atoms with E-state index >= 15 is 0 Å². The van der Waals surface area contributed by atoms with Crippen LogP contribution in [0.1, 0.15) is 37.7 Å². The Bertz CT molecular complexity index is 349. The molecule has 0 aromatic heterocycles. The predicted octanol–water partition coefficient (Wildman–Crippen LogP) is 3.84. The zero-order valence-electron chi connectivity index (χ0n) is 11.0. The number of benzene rings is 1. The van der Waals surface area contributed by atoms with Gasteiger partial charge in [-0.2, -0.15) is 5.48 Å². The van der Waals surface area contributed by atoms with E-state index in [0.29, 0.717) is 12.6 Å². The highest BCUT2D eigenvalue weighted by molar-refractivity contribution is 5.13. The first-order valence-corrected chi connectivity index (χ1v) is 6.90. The molecule has 1 N–H and O–H groups in total. The van der Waals surface area contributed by atoms with E-state index in [1.807, 2.05) is 24.3 Å². The molecule has 0 saturated heterocycles. The second-order valence-corrected chi connectivity index (χ2v) is 5.13. The largest absolute Gasteiger partial charge is 0.297 e. The van der Waals surface area contributed by atoms with Crippen LogP contribution >= 0.6 is 0 Å². The lowest BCUT2D eigenvalue weighted by Crippen LogP contribution is -2.26. The normalized spacial score (nSPS) is 23.1. The van der Waals surface area contributed by atoms with Gasteiger partial charge in [0.25, 0.3) is 0 Å². The summed E-state index contributed by atoms with van der Waals surface area (Å²) in [7, 11) is 0. The Morgan fingerprint density at radius 3 is 2.89 bits per heavy atom. The van der Waals surface area contributed by atoms with Crippen LogP contribution in [0.3, 0.4) is 0 Å². The highest BCUT2D eigenvalue weighted by Gasteiger charge is 2.23. The molecule has 0 heterocycles. The van der Waals surface area contributed by atoms with Gasteiger partial charge in [-0.25, -0.2) is 0 Å². The Morgan fingerprint density at radius 2 is 2.11 bits per heavy atom. The lowest BCUT2D eigenvalue weighted by Gasteiger charge is -2.13. The smallest absolute Gasteiger partial charge is 0.0933 e. The number of hydrogen-bond acceptors (Lipinski definition) is 2. The lowest BCUT2D eigenvalue weighted by atomic mass is 10.0. The highest BCUT2D eigenvalue weighted by atomic mass is 16.6. The Morgan fingerprint density at radius 1 is 1.28 bits per heavy atom. The third-order valence-electron chi connectivity index (χ3n) is 3.65. The second kappa shape index (κ2) is 7.34. The third kappa shape index (κ3) is 4.28. The maximum atomic E-state index is 5.59. The standard InChI is InChI=1S/C16H23NO/c1-2-3-7-14-10-11-16(12-14)17-18-13-15-8-5-4-6-9-15/h2,4-6,8-9,14,16-17H,1,3,7,10-13H2. The first-order chi connectivity index (χ1) is 8.88. The van der Waals surface area contributed by atoms with Gasteiger partial charge in [0.05, 0.1) is 6.61 Å². The van der Waals surface area contributed by atoms with Crippen LogP contribution in [0.15, 0.2) is 43.0 Å². The minimum absolute atomic E-state index is 0.531. The number of hydroxylamine groups is 1.